The van der Waals surface area contributed by atoms with Gasteiger partial charge in [-0.15, -0.1) is 0 Å². The van der Waals surface area contributed by atoms with Gasteiger partial charge in [0.2, 0.25) is 5.28 Å². The van der Waals surface area contributed by atoms with Crippen LogP contribution in [0.2, 0.25) is 5.28 Å². The first-order valence-corrected chi connectivity index (χ1v) is 10.7. The number of halogens is 1. The van der Waals surface area contributed by atoms with Gasteiger partial charge in [0, 0.05) is 11.5 Å². The van der Waals surface area contributed by atoms with Crippen molar-refractivity contribution in [2.75, 3.05) is 0 Å². The summed E-state index contributed by atoms with van der Waals surface area (Å²) in [7, 11) is 0. The van der Waals surface area contributed by atoms with Crippen molar-refractivity contribution in [2.45, 2.75) is 21.6 Å². The number of hydrogen-bond donors (Lipinski definition) is 0. The quantitative estimate of drug-likeness (QED) is 0.232. The van der Waals surface area contributed by atoms with Crippen LogP contribution in [0.4, 0.5) is 0 Å². The summed E-state index contributed by atoms with van der Waals surface area (Å²) in [5.41, 5.74) is 3.89. The fraction of sp³-hybridized carbons (Fsp3) is 0.100. The largest absolute Gasteiger partial charge is 0.232 e. The van der Waals surface area contributed by atoms with Crippen molar-refractivity contribution in [1.29, 1.82) is 0 Å². The minimum atomic E-state index is 0.217. The van der Waals surface area contributed by atoms with E-state index in [0.717, 1.165) is 27.1 Å². The van der Waals surface area contributed by atoms with Gasteiger partial charge in [-0.3, -0.25) is 0 Å². The normalized spacial score (nSPS) is 11.0. The van der Waals surface area contributed by atoms with Gasteiger partial charge in [0.25, 0.3) is 0 Å². The molecule has 4 rings (SSSR count). The Morgan fingerprint density at radius 1 is 0.667 bits per heavy atom. The van der Waals surface area contributed by atoms with Crippen molar-refractivity contribution in [2.24, 2.45) is 0 Å². The number of fused-ring (bicyclic) bond motifs is 1. The van der Waals surface area contributed by atoms with Gasteiger partial charge < -0.3 is 0 Å². The van der Waals surface area contributed by atoms with Crippen LogP contribution in [0.3, 0.4) is 0 Å². The molecule has 4 aromatic rings. The highest BCUT2D eigenvalue weighted by atomic mass is 35.5. The number of hydrogen-bond acceptors (Lipinski definition) is 6. The lowest BCUT2D eigenvalue weighted by molar-refractivity contribution is 1.01. The Labute approximate surface area is 170 Å². The van der Waals surface area contributed by atoms with Gasteiger partial charge in [0.15, 0.2) is 0 Å². The molecule has 2 heterocycles. The molecular formula is C20H15ClN4S2. The van der Waals surface area contributed by atoms with Crippen LogP contribution in [0, 0.1) is 0 Å². The first-order valence-electron chi connectivity index (χ1n) is 8.31. The molecule has 7 heteroatoms. The van der Waals surface area contributed by atoms with Crippen molar-refractivity contribution in [3.05, 3.63) is 83.4 Å². The highest BCUT2D eigenvalue weighted by Gasteiger charge is 2.14. The zero-order valence-electron chi connectivity index (χ0n) is 14.2. The van der Waals surface area contributed by atoms with Crippen molar-refractivity contribution in [3.8, 4) is 0 Å². The molecule has 0 saturated carbocycles. The van der Waals surface area contributed by atoms with Gasteiger partial charge in [0.05, 0.1) is 0 Å². The Morgan fingerprint density at radius 3 is 1.89 bits per heavy atom. The van der Waals surface area contributed by atoms with E-state index in [1.54, 1.807) is 29.9 Å². The molecule has 0 aliphatic carbocycles. The van der Waals surface area contributed by atoms with Gasteiger partial charge in [-0.1, -0.05) is 84.2 Å². The van der Waals surface area contributed by atoms with E-state index < -0.39 is 0 Å². The molecule has 0 atom stereocenters. The van der Waals surface area contributed by atoms with E-state index in [4.69, 9.17) is 11.6 Å². The van der Waals surface area contributed by atoms with Gasteiger partial charge >= 0.3 is 0 Å². The van der Waals surface area contributed by atoms with Crippen molar-refractivity contribution in [3.63, 3.8) is 0 Å². The molecule has 2 aromatic carbocycles. The predicted octanol–water partition coefficient (Wildman–Crippen LogP) is 5.66. The summed E-state index contributed by atoms with van der Waals surface area (Å²) >= 11 is 9.43. The van der Waals surface area contributed by atoms with E-state index in [1.807, 2.05) is 36.4 Å². The van der Waals surface area contributed by atoms with E-state index in [1.165, 1.54) is 11.1 Å². The maximum atomic E-state index is 6.19. The fourth-order valence-corrected chi connectivity index (χ4v) is 4.58. The average molecular weight is 411 g/mol. The third-order valence-corrected chi connectivity index (χ3v) is 6.08. The zero-order chi connectivity index (χ0) is 18.5. The van der Waals surface area contributed by atoms with E-state index >= 15 is 0 Å². The molecule has 0 unspecified atom stereocenters. The minimum Gasteiger partial charge on any atom is -0.232 e. The van der Waals surface area contributed by atoms with Crippen LogP contribution in [0.5, 0.6) is 0 Å². The van der Waals surface area contributed by atoms with Crippen LogP contribution in [-0.2, 0) is 11.5 Å². The first kappa shape index (κ1) is 18.2. The van der Waals surface area contributed by atoms with Crippen LogP contribution in [0.15, 0.2) is 77.0 Å². The Morgan fingerprint density at radius 2 is 1.26 bits per heavy atom. The number of thioether (sulfide) groups is 2. The Kier molecular flexibility index (Phi) is 5.87. The van der Waals surface area contributed by atoms with Crippen LogP contribution in [0.1, 0.15) is 11.1 Å². The van der Waals surface area contributed by atoms with E-state index in [0.29, 0.717) is 5.52 Å². The van der Waals surface area contributed by atoms with Crippen molar-refractivity contribution in [1.82, 2.24) is 19.9 Å². The van der Waals surface area contributed by atoms with Crippen LogP contribution in [0.25, 0.3) is 11.0 Å². The molecule has 0 N–H and O–H groups in total. The van der Waals surface area contributed by atoms with Gasteiger partial charge in [-0.2, -0.15) is 0 Å². The third-order valence-electron chi connectivity index (χ3n) is 3.83. The average Bonchev–Trinajstić information content (AvgIpc) is 2.72. The molecular weight excluding hydrogens is 396 g/mol. The summed E-state index contributed by atoms with van der Waals surface area (Å²) in [4.78, 5) is 17.6. The number of aromatic nitrogens is 4. The maximum Gasteiger partial charge on any atom is 0.224 e. The number of nitrogens with zero attached hydrogens (tertiary/aromatic N) is 4. The predicted molar refractivity (Wildman–Crippen MR) is 112 cm³/mol. The second-order valence-electron chi connectivity index (χ2n) is 5.72. The lowest BCUT2D eigenvalue weighted by Gasteiger charge is -2.08. The second kappa shape index (κ2) is 8.69. The van der Waals surface area contributed by atoms with Gasteiger partial charge in [-0.05, 0) is 22.7 Å². The minimum absolute atomic E-state index is 0.217. The van der Waals surface area contributed by atoms with Gasteiger partial charge in [0.1, 0.15) is 27.4 Å². The maximum absolute atomic E-state index is 6.19. The molecule has 0 bridgehead atoms. The molecule has 4 nitrogen and oxygen atoms in total. The number of benzene rings is 2. The second-order valence-corrected chi connectivity index (χ2v) is 7.99. The summed E-state index contributed by atoms with van der Waals surface area (Å²) < 4.78 is 0. The van der Waals surface area contributed by atoms with E-state index in [2.05, 4.69) is 44.2 Å². The molecule has 0 fully saturated rings. The molecule has 0 radical (unpaired) electrons. The van der Waals surface area contributed by atoms with E-state index in [-0.39, 0.29) is 5.28 Å². The summed E-state index contributed by atoms with van der Waals surface area (Å²) in [5.74, 6) is 1.60. The van der Waals surface area contributed by atoms with Crippen LogP contribution < -0.4 is 0 Å². The summed E-state index contributed by atoms with van der Waals surface area (Å²) in [6, 6.07) is 20.5. The lowest BCUT2D eigenvalue weighted by Crippen LogP contribution is -1.96. The summed E-state index contributed by atoms with van der Waals surface area (Å²) in [5, 5.41) is 1.81. The highest BCUT2D eigenvalue weighted by Crippen LogP contribution is 2.32. The van der Waals surface area contributed by atoms with Gasteiger partial charge in [-0.25, -0.2) is 19.9 Å². The number of rotatable bonds is 6. The van der Waals surface area contributed by atoms with E-state index in [9.17, 15) is 0 Å². The molecule has 0 aliphatic rings. The third kappa shape index (κ3) is 4.58. The molecule has 27 heavy (non-hydrogen) atoms. The molecule has 0 aliphatic heterocycles. The molecule has 134 valence electrons. The fourth-order valence-electron chi connectivity index (χ4n) is 2.53. The summed E-state index contributed by atoms with van der Waals surface area (Å²) in [6.45, 7) is 0. The standard InChI is InChI=1S/C20H15ClN4S2/c21-20-24-17-16(19(25-20)27-12-15-9-5-2-6-10-15)22-13-23-18(17)26-11-14-7-3-1-4-8-14/h1-10,13H,11-12H2. The summed E-state index contributed by atoms with van der Waals surface area (Å²) in [6.07, 6.45) is 1.57. The highest BCUT2D eigenvalue weighted by molar-refractivity contribution is 7.99. The molecule has 0 spiro atoms. The molecule has 0 amide bonds. The molecule has 2 aromatic heterocycles. The molecule has 0 saturated heterocycles. The first-order chi connectivity index (χ1) is 13.3. The van der Waals surface area contributed by atoms with Crippen LogP contribution >= 0.6 is 35.1 Å². The monoisotopic (exact) mass is 410 g/mol. The van der Waals surface area contributed by atoms with Crippen molar-refractivity contribution >= 4 is 46.2 Å². The zero-order valence-corrected chi connectivity index (χ0v) is 16.6. The Bertz CT molecular complexity index is 1050. The van der Waals surface area contributed by atoms with Crippen molar-refractivity contribution < 1.29 is 0 Å². The Balaban J connectivity index is 1.61. The van der Waals surface area contributed by atoms with Crippen LogP contribution in [-0.4, -0.2) is 19.9 Å². The smallest absolute Gasteiger partial charge is 0.224 e. The lowest BCUT2D eigenvalue weighted by atomic mass is 10.2. The Hall–Kier alpha value is -2.15. The SMILES string of the molecule is Clc1nc(SCc2ccccc2)c2ncnc(SCc3ccccc3)c2n1. The topological polar surface area (TPSA) is 51.6 Å².